The lowest BCUT2D eigenvalue weighted by molar-refractivity contribution is -0.114. The summed E-state index contributed by atoms with van der Waals surface area (Å²) in [6.07, 6.45) is 9.90. The number of terminal acetylenes is 1. The van der Waals surface area contributed by atoms with Crippen molar-refractivity contribution in [1.82, 2.24) is 14.6 Å². The van der Waals surface area contributed by atoms with Gasteiger partial charge >= 0.3 is 0 Å². The molecule has 0 aliphatic rings. The standard InChI is InChI=1S/C16H15N3.C10H9NO.C2H6.2CH2O/c1-3-5-13-7-9-14(10-8-13)15-6-4-11-19-16(15)17-12(2)18-19;1-3-9-4-6-10(7-5-9)11-8(2)12;3*1-2/h3-4,6-11H,1,5H2,2H3;1,4-7H,2H3,(H,11,12);1-2H3;2*1H2. The molecule has 2 aromatic heterocycles. The number of nitrogens with zero attached hydrogens (tertiary/aromatic N) is 3. The summed E-state index contributed by atoms with van der Waals surface area (Å²) in [6.45, 7) is 15.1. The molecule has 4 aromatic rings. The van der Waals surface area contributed by atoms with Gasteiger partial charge in [0.2, 0.25) is 5.91 Å². The van der Waals surface area contributed by atoms with Gasteiger partial charge in [-0.25, -0.2) is 9.50 Å². The number of rotatable bonds is 4. The molecule has 1 N–H and O–H groups in total. The number of aromatic nitrogens is 3. The molecule has 7 heteroatoms. The second-order valence-electron chi connectivity index (χ2n) is 6.94. The van der Waals surface area contributed by atoms with Crippen LogP contribution in [0.4, 0.5) is 5.69 Å². The summed E-state index contributed by atoms with van der Waals surface area (Å²) >= 11 is 0. The number of fused-ring (bicyclic) bond motifs is 1. The fourth-order valence-corrected chi connectivity index (χ4v) is 3.08. The zero-order chi connectivity index (χ0) is 28.2. The fraction of sp³-hybridized carbons (Fsp3) is 0.167. The molecule has 4 rings (SSSR count). The lowest BCUT2D eigenvalue weighted by Crippen LogP contribution is -2.05. The average molecular weight is 499 g/mol. The van der Waals surface area contributed by atoms with Crippen LogP contribution in [0.3, 0.4) is 0 Å². The van der Waals surface area contributed by atoms with Crippen molar-refractivity contribution in [3.63, 3.8) is 0 Å². The maximum absolute atomic E-state index is 10.6. The number of pyridine rings is 1. The Morgan fingerprint density at radius 3 is 2.14 bits per heavy atom. The number of aryl methyl sites for hydroxylation is 1. The van der Waals surface area contributed by atoms with E-state index in [4.69, 9.17) is 16.0 Å². The van der Waals surface area contributed by atoms with Crippen molar-refractivity contribution in [3.8, 4) is 23.5 Å². The Balaban J connectivity index is 0.000000624. The first kappa shape index (κ1) is 32.2. The first-order valence-electron chi connectivity index (χ1n) is 11.4. The number of carbonyl (C=O) groups excluding carboxylic acids is 3. The van der Waals surface area contributed by atoms with Crippen LogP contribution in [0.2, 0.25) is 0 Å². The number of anilines is 1. The number of hydrogen-bond acceptors (Lipinski definition) is 5. The lowest BCUT2D eigenvalue weighted by atomic mass is 10.0. The molecule has 0 atom stereocenters. The van der Waals surface area contributed by atoms with Gasteiger partial charge in [-0.1, -0.05) is 50.1 Å². The van der Waals surface area contributed by atoms with Crippen LogP contribution in [-0.2, 0) is 20.8 Å². The van der Waals surface area contributed by atoms with Crippen molar-refractivity contribution < 1.29 is 14.4 Å². The van der Waals surface area contributed by atoms with Crippen LogP contribution >= 0.6 is 0 Å². The molecule has 7 nitrogen and oxygen atoms in total. The van der Waals surface area contributed by atoms with Gasteiger partial charge in [-0.05, 0) is 60.9 Å². The van der Waals surface area contributed by atoms with Crippen LogP contribution in [0.5, 0.6) is 0 Å². The first-order chi connectivity index (χ1) is 18.0. The highest BCUT2D eigenvalue weighted by Gasteiger charge is 2.07. The molecule has 0 saturated heterocycles. The minimum Gasteiger partial charge on any atom is -0.326 e. The van der Waals surface area contributed by atoms with Crippen LogP contribution < -0.4 is 5.32 Å². The molecule has 0 aliphatic carbocycles. The van der Waals surface area contributed by atoms with Gasteiger partial charge in [0.25, 0.3) is 0 Å². The zero-order valence-corrected chi connectivity index (χ0v) is 21.9. The first-order valence-corrected chi connectivity index (χ1v) is 11.4. The maximum Gasteiger partial charge on any atom is 0.221 e. The second kappa shape index (κ2) is 18.5. The third-order valence-electron chi connectivity index (χ3n) is 4.49. The van der Waals surface area contributed by atoms with Gasteiger partial charge in [0.05, 0.1) is 0 Å². The predicted molar refractivity (Wildman–Crippen MR) is 151 cm³/mol. The van der Waals surface area contributed by atoms with Gasteiger partial charge in [-0.3, -0.25) is 4.79 Å². The average Bonchev–Trinajstić information content (AvgIpc) is 3.33. The van der Waals surface area contributed by atoms with Gasteiger partial charge in [-0.2, -0.15) is 5.10 Å². The number of carbonyl (C=O) groups is 3. The maximum atomic E-state index is 10.6. The van der Waals surface area contributed by atoms with E-state index >= 15 is 0 Å². The fourth-order valence-electron chi connectivity index (χ4n) is 3.08. The van der Waals surface area contributed by atoms with Crippen molar-refractivity contribution >= 4 is 30.8 Å². The van der Waals surface area contributed by atoms with Gasteiger partial charge in [0.1, 0.15) is 19.4 Å². The summed E-state index contributed by atoms with van der Waals surface area (Å²) < 4.78 is 1.82. The zero-order valence-electron chi connectivity index (χ0n) is 21.9. The normalized spacial score (nSPS) is 8.73. The molecule has 37 heavy (non-hydrogen) atoms. The van der Waals surface area contributed by atoms with Gasteiger partial charge in [0.15, 0.2) is 5.65 Å². The summed E-state index contributed by atoms with van der Waals surface area (Å²) in [5.74, 6) is 3.20. The second-order valence-corrected chi connectivity index (χ2v) is 6.94. The highest BCUT2D eigenvalue weighted by atomic mass is 16.1. The quantitative estimate of drug-likeness (QED) is 0.287. The smallest absolute Gasteiger partial charge is 0.221 e. The molecule has 2 heterocycles. The van der Waals surface area contributed by atoms with E-state index in [0.717, 1.165) is 40.3 Å². The molecule has 192 valence electrons. The van der Waals surface area contributed by atoms with E-state index in [-0.39, 0.29) is 5.91 Å². The molecule has 0 spiro atoms. The minimum absolute atomic E-state index is 0.0801. The van der Waals surface area contributed by atoms with E-state index in [1.54, 1.807) is 24.3 Å². The molecular formula is C30H34N4O3. The Morgan fingerprint density at radius 2 is 1.62 bits per heavy atom. The van der Waals surface area contributed by atoms with Crippen molar-refractivity contribution in [2.75, 3.05) is 5.32 Å². The van der Waals surface area contributed by atoms with Gasteiger partial charge in [-0.15, -0.1) is 13.0 Å². The predicted octanol–water partition coefficient (Wildman–Crippen LogP) is 5.72. The van der Waals surface area contributed by atoms with Crippen molar-refractivity contribution in [2.45, 2.75) is 34.1 Å². The summed E-state index contributed by atoms with van der Waals surface area (Å²) in [6, 6.07) is 19.7. The number of amides is 1. The SMILES string of the molecule is C#Cc1ccc(NC(C)=O)cc1.C=CCc1ccc(-c2cccn3nc(C)nc23)cc1.C=O.C=O.CC. The van der Waals surface area contributed by atoms with Crippen LogP contribution in [-0.4, -0.2) is 34.1 Å². The molecule has 1 amide bonds. The summed E-state index contributed by atoms with van der Waals surface area (Å²) in [5, 5.41) is 6.99. The molecule has 0 unspecified atom stereocenters. The van der Waals surface area contributed by atoms with E-state index in [1.807, 2.05) is 57.2 Å². The number of hydrogen-bond donors (Lipinski definition) is 1. The molecule has 2 aromatic carbocycles. The summed E-state index contributed by atoms with van der Waals surface area (Å²) in [5.41, 5.74) is 6.00. The number of benzene rings is 2. The Kier molecular flexibility index (Phi) is 16.1. The third-order valence-corrected chi connectivity index (χ3v) is 4.49. The Bertz CT molecular complexity index is 1270. The largest absolute Gasteiger partial charge is 0.326 e. The van der Waals surface area contributed by atoms with E-state index in [0.29, 0.717) is 0 Å². The molecule has 0 bridgehead atoms. The minimum atomic E-state index is -0.0801. The van der Waals surface area contributed by atoms with E-state index in [2.05, 4.69) is 58.2 Å². The Hall–Kier alpha value is -4.83. The van der Waals surface area contributed by atoms with Crippen LogP contribution in [0.25, 0.3) is 16.8 Å². The van der Waals surface area contributed by atoms with Crippen LogP contribution in [0, 0.1) is 19.3 Å². The van der Waals surface area contributed by atoms with E-state index in [1.165, 1.54) is 12.5 Å². The Labute approximate surface area is 219 Å². The number of allylic oxidation sites excluding steroid dienone is 1. The van der Waals surface area contributed by atoms with E-state index < -0.39 is 0 Å². The van der Waals surface area contributed by atoms with Crippen molar-refractivity contribution in [3.05, 3.63) is 96.5 Å². The highest BCUT2D eigenvalue weighted by Crippen LogP contribution is 2.23. The van der Waals surface area contributed by atoms with Gasteiger partial charge < -0.3 is 14.9 Å². The topological polar surface area (TPSA) is 93.4 Å². The number of nitrogens with one attached hydrogen (secondary N) is 1. The molecule has 0 saturated carbocycles. The van der Waals surface area contributed by atoms with Crippen molar-refractivity contribution in [2.24, 2.45) is 0 Å². The molecule has 0 aliphatic heterocycles. The third kappa shape index (κ3) is 10.5. The molecular weight excluding hydrogens is 464 g/mol. The van der Waals surface area contributed by atoms with Crippen LogP contribution in [0.15, 0.2) is 79.5 Å². The molecule has 0 radical (unpaired) electrons. The van der Waals surface area contributed by atoms with Crippen LogP contribution in [0.1, 0.15) is 37.7 Å². The monoisotopic (exact) mass is 498 g/mol. The lowest BCUT2D eigenvalue weighted by Gasteiger charge is -2.04. The summed E-state index contributed by atoms with van der Waals surface area (Å²) in [4.78, 5) is 31.1. The Morgan fingerprint density at radius 1 is 1.03 bits per heavy atom. The highest BCUT2D eigenvalue weighted by molar-refractivity contribution is 5.88. The molecule has 0 fully saturated rings. The van der Waals surface area contributed by atoms with Gasteiger partial charge in [0, 0.05) is 29.9 Å². The summed E-state index contributed by atoms with van der Waals surface area (Å²) in [7, 11) is 0. The van der Waals surface area contributed by atoms with Crippen molar-refractivity contribution in [1.29, 1.82) is 0 Å². The van der Waals surface area contributed by atoms with E-state index in [9.17, 15) is 4.79 Å².